The van der Waals surface area contributed by atoms with Gasteiger partial charge in [0.25, 0.3) is 5.56 Å². The van der Waals surface area contributed by atoms with Gasteiger partial charge in [-0.25, -0.2) is 0 Å². The second-order valence-electron chi connectivity index (χ2n) is 8.93. The maximum Gasteiger partial charge on any atom is 0.258 e. The predicted octanol–water partition coefficient (Wildman–Crippen LogP) is 0.979. The van der Waals surface area contributed by atoms with Gasteiger partial charge in [0.2, 0.25) is 5.91 Å². The van der Waals surface area contributed by atoms with Crippen LogP contribution in [0.3, 0.4) is 0 Å². The van der Waals surface area contributed by atoms with E-state index in [4.69, 9.17) is 0 Å². The van der Waals surface area contributed by atoms with Gasteiger partial charge < -0.3 is 19.9 Å². The monoisotopic (exact) mass is 422 g/mol. The minimum Gasteiger partial charge on any atom is -0.396 e. The number of rotatable bonds is 6. The molecule has 0 spiro atoms. The molecule has 0 unspecified atom stereocenters. The lowest BCUT2D eigenvalue weighted by Gasteiger charge is -2.22. The molecule has 3 aliphatic rings. The van der Waals surface area contributed by atoms with Crippen molar-refractivity contribution in [3.63, 3.8) is 0 Å². The number of benzene rings is 1. The topological polar surface area (TPSA) is 86.6 Å². The second kappa shape index (κ2) is 8.57. The normalized spacial score (nSPS) is 27.3. The van der Waals surface area contributed by atoms with E-state index in [1.54, 1.807) is 0 Å². The Balaban J connectivity index is 1.31. The van der Waals surface area contributed by atoms with Gasteiger partial charge in [0.05, 0.1) is 12.1 Å². The van der Waals surface area contributed by atoms with Crippen LogP contribution in [0.15, 0.2) is 47.3 Å². The number of aliphatic hydroxyl groups is 1. The van der Waals surface area contributed by atoms with E-state index in [-0.39, 0.29) is 36.0 Å². The minimum absolute atomic E-state index is 0.0109. The third-order valence-corrected chi connectivity index (χ3v) is 7.19. The molecule has 0 bridgehead atoms. The molecule has 0 aliphatic carbocycles. The molecule has 2 saturated heterocycles. The molecule has 3 N–H and O–H groups in total. The Bertz CT molecular complexity index is 1000. The Kier molecular flexibility index (Phi) is 5.65. The second-order valence-corrected chi connectivity index (χ2v) is 8.93. The molecule has 4 atom stereocenters. The van der Waals surface area contributed by atoms with Gasteiger partial charge >= 0.3 is 0 Å². The predicted molar refractivity (Wildman–Crippen MR) is 119 cm³/mol. The zero-order chi connectivity index (χ0) is 21.4. The summed E-state index contributed by atoms with van der Waals surface area (Å²) in [5.41, 5.74) is 2.48. The van der Waals surface area contributed by atoms with Crippen molar-refractivity contribution in [3.05, 3.63) is 58.5 Å². The van der Waals surface area contributed by atoms with Crippen molar-refractivity contribution in [3.8, 4) is 11.1 Å². The Morgan fingerprint density at radius 1 is 1.13 bits per heavy atom. The molecule has 1 aromatic carbocycles. The zero-order valence-corrected chi connectivity index (χ0v) is 17.7. The summed E-state index contributed by atoms with van der Waals surface area (Å²) in [5, 5.41) is 16.6. The number of pyridine rings is 1. The van der Waals surface area contributed by atoms with Gasteiger partial charge in [-0.3, -0.25) is 14.9 Å². The number of likely N-dealkylation sites (tertiary alicyclic amines) is 1. The van der Waals surface area contributed by atoms with Crippen LogP contribution in [0.2, 0.25) is 0 Å². The third kappa shape index (κ3) is 3.71. The Morgan fingerprint density at radius 2 is 1.90 bits per heavy atom. The van der Waals surface area contributed by atoms with Gasteiger partial charge in [0.1, 0.15) is 0 Å². The van der Waals surface area contributed by atoms with E-state index < -0.39 is 6.04 Å². The number of aromatic nitrogens is 1. The van der Waals surface area contributed by atoms with Crippen LogP contribution >= 0.6 is 0 Å². The number of carbonyl (C=O) groups is 1. The molecule has 1 aromatic heterocycles. The van der Waals surface area contributed by atoms with Gasteiger partial charge in [-0.05, 0) is 43.6 Å². The summed E-state index contributed by atoms with van der Waals surface area (Å²) >= 11 is 0. The molecular weight excluding hydrogens is 392 g/mol. The molecular formula is C24H30N4O3. The fourth-order valence-corrected chi connectivity index (χ4v) is 5.55. The van der Waals surface area contributed by atoms with Crippen LogP contribution in [0.1, 0.15) is 24.6 Å². The van der Waals surface area contributed by atoms with Crippen molar-refractivity contribution < 1.29 is 9.90 Å². The van der Waals surface area contributed by atoms with Crippen LogP contribution < -0.4 is 16.2 Å². The van der Waals surface area contributed by atoms with E-state index in [9.17, 15) is 14.7 Å². The zero-order valence-electron chi connectivity index (χ0n) is 17.7. The summed E-state index contributed by atoms with van der Waals surface area (Å²) in [4.78, 5) is 28.4. The fourth-order valence-electron chi connectivity index (χ4n) is 5.55. The average molecular weight is 423 g/mol. The first kappa shape index (κ1) is 20.4. The van der Waals surface area contributed by atoms with Gasteiger partial charge in [-0.2, -0.15) is 0 Å². The van der Waals surface area contributed by atoms with Crippen LogP contribution in [-0.4, -0.2) is 59.3 Å². The van der Waals surface area contributed by atoms with Crippen LogP contribution in [0, 0.1) is 11.8 Å². The number of hydrogen-bond acceptors (Lipinski definition) is 5. The molecule has 5 rings (SSSR count). The maximum absolute atomic E-state index is 13.2. The molecule has 4 heterocycles. The molecule has 0 saturated carbocycles. The van der Waals surface area contributed by atoms with Crippen molar-refractivity contribution in [1.29, 1.82) is 0 Å². The highest BCUT2D eigenvalue weighted by molar-refractivity contribution is 5.82. The lowest BCUT2D eigenvalue weighted by atomic mass is 9.88. The van der Waals surface area contributed by atoms with Crippen molar-refractivity contribution in [2.45, 2.75) is 31.5 Å². The maximum atomic E-state index is 13.2. The summed E-state index contributed by atoms with van der Waals surface area (Å²) in [6.45, 7) is 4.16. The third-order valence-electron chi connectivity index (χ3n) is 7.19. The number of fused-ring (bicyclic) bond motifs is 3. The molecule has 7 nitrogen and oxygen atoms in total. The lowest BCUT2D eigenvalue weighted by molar-refractivity contribution is -0.124. The van der Waals surface area contributed by atoms with Crippen LogP contribution in [-0.2, 0) is 11.3 Å². The smallest absolute Gasteiger partial charge is 0.258 e. The van der Waals surface area contributed by atoms with E-state index >= 15 is 0 Å². The van der Waals surface area contributed by atoms with E-state index in [0.717, 1.165) is 30.9 Å². The number of carbonyl (C=O) groups excluding carboxylic acids is 1. The van der Waals surface area contributed by atoms with Gasteiger partial charge in [-0.15, -0.1) is 0 Å². The summed E-state index contributed by atoms with van der Waals surface area (Å²) < 4.78 is 1.81. The van der Waals surface area contributed by atoms with E-state index in [2.05, 4.69) is 15.5 Å². The first-order valence-corrected chi connectivity index (χ1v) is 11.3. The molecule has 31 heavy (non-hydrogen) atoms. The lowest BCUT2D eigenvalue weighted by Crippen LogP contribution is -2.47. The van der Waals surface area contributed by atoms with Gasteiger partial charge in [0.15, 0.2) is 0 Å². The molecule has 2 aromatic rings. The van der Waals surface area contributed by atoms with Crippen molar-refractivity contribution >= 4 is 5.91 Å². The van der Waals surface area contributed by atoms with E-state index in [1.807, 2.05) is 47.0 Å². The summed E-state index contributed by atoms with van der Waals surface area (Å²) in [5.74, 6) is -0.239. The standard InChI is InChI=1S/C24H30N4O3/c29-15-19-18-14-28-20(9-8-17(24(28)31)16-6-2-1-3-7-16)21(18)26-22(19)23(30)25-10-13-27-11-4-5-12-27/h1-3,6-9,18-19,21-22,26,29H,4-5,10-15H2,(H,25,30)/t18-,19-,21+,22-/m0/s1. The van der Waals surface area contributed by atoms with E-state index in [1.165, 1.54) is 12.8 Å². The number of hydrogen-bond donors (Lipinski definition) is 3. The summed E-state index contributed by atoms with van der Waals surface area (Å²) in [7, 11) is 0. The largest absolute Gasteiger partial charge is 0.396 e. The van der Waals surface area contributed by atoms with Gasteiger partial charge in [0, 0.05) is 49.3 Å². The number of aliphatic hydroxyl groups excluding tert-OH is 1. The molecule has 2 fully saturated rings. The Hall–Kier alpha value is -2.48. The number of nitrogens with zero attached hydrogens (tertiary/aromatic N) is 2. The van der Waals surface area contributed by atoms with Crippen molar-refractivity contribution in [2.75, 3.05) is 32.8 Å². The minimum atomic E-state index is -0.434. The fraction of sp³-hybridized carbons (Fsp3) is 0.500. The first-order valence-electron chi connectivity index (χ1n) is 11.3. The van der Waals surface area contributed by atoms with Crippen LogP contribution in [0.25, 0.3) is 11.1 Å². The summed E-state index contributed by atoms with van der Waals surface area (Å²) in [6, 6.07) is 13.0. The molecule has 1 amide bonds. The molecule has 7 heteroatoms. The van der Waals surface area contributed by atoms with Crippen molar-refractivity contribution in [2.24, 2.45) is 11.8 Å². The van der Waals surface area contributed by atoms with Crippen LogP contribution in [0.5, 0.6) is 0 Å². The highest BCUT2D eigenvalue weighted by atomic mass is 16.3. The first-order chi connectivity index (χ1) is 15.2. The quantitative estimate of drug-likeness (QED) is 0.646. The highest BCUT2D eigenvalue weighted by Gasteiger charge is 2.50. The van der Waals surface area contributed by atoms with Crippen molar-refractivity contribution in [1.82, 2.24) is 20.1 Å². The van der Waals surface area contributed by atoms with E-state index in [0.29, 0.717) is 18.7 Å². The SMILES string of the molecule is O=C(NCCN1CCCC1)[C@H]1N[C@H]2c3ccc(-c4ccccc4)c(=O)n3C[C@H]2[C@@H]1CO. The molecule has 0 radical (unpaired) electrons. The number of amides is 1. The van der Waals surface area contributed by atoms with Gasteiger partial charge in [-0.1, -0.05) is 30.3 Å². The number of nitrogens with one attached hydrogen (secondary N) is 2. The average Bonchev–Trinajstić information content (AvgIpc) is 3.50. The molecule has 164 valence electrons. The Labute approximate surface area is 182 Å². The Morgan fingerprint density at radius 3 is 2.65 bits per heavy atom. The molecule has 3 aliphatic heterocycles. The highest BCUT2D eigenvalue weighted by Crippen LogP contribution is 2.42. The van der Waals surface area contributed by atoms with Crippen LogP contribution in [0.4, 0.5) is 0 Å². The summed E-state index contributed by atoms with van der Waals surface area (Å²) in [6.07, 6.45) is 2.47.